The molecule has 1 unspecified atom stereocenters. The van der Waals surface area contributed by atoms with Crippen LogP contribution in [0.3, 0.4) is 0 Å². The van der Waals surface area contributed by atoms with E-state index in [9.17, 15) is 4.39 Å². The number of likely N-dealkylation sites (N-methyl/N-ethyl adjacent to an activating group) is 1. The fourth-order valence-corrected chi connectivity index (χ4v) is 4.54. The van der Waals surface area contributed by atoms with E-state index in [0.29, 0.717) is 32.0 Å². The highest BCUT2D eigenvalue weighted by atomic mass is 127. The van der Waals surface area contributed by atoms with Crippen LogP contribution in [0.25, 0.3) is 17.0 Å². The maximum absolute atomic E-state index is 13.7. The third kappa shape index (κ3) is 6.58. The Labute approximate surface area is 202 Å². The summed E-state index contributed by atoms with van der Waals surface area (Å²) < 4.78 is 21.3. The number of nitrogens with one attached hydrogen (secondary N) is 1. The van der Waals surface area contributed by atoms with E-state index in [1.165, 1.54) is 6.07 Å². The van der Waals surface area contributed by atoms with Crippen molar-refractivity contribution in [2.45, 2.75) is 13.8 Å². The van der Waals surface area contributed by atoms with Crippen LogP contribution in [0, 0.1) is 5.82 Å². The topological polar surface area (TPSA) is 55.2 Å². The lowest BCUT2D eigenvalue weighted by molar-refractivity contribution is 0.144. The molecule has 0 saturated carbocycles. The van der Waals surface area contributed by atoms with Crippen molar-refractivity contribution in [3.05, 3.63) is 53.6 Å². The van der Waals surface area contributed by atoms with E-state index in [1.54, 1.807) is 24.4 Å². The molecule has 1 aromatic carbocycles. The first-order valence-corrected chi connectivity index (χ1v) is 14.4. The number of fused-ring (bicyclic) bond motifs is 1. The second-order valence-corrected chi connectivity index (χ2v) is 8.56. The number of halogens is 3. The highest BCUT2D eigenvalue weighted by molar-refractivity contribution is 14.2. The minimum absolute atomic E-state index is 0.0652. The molecule has 1 N–H and O–H groups in total. The molecule has 168 valence electrons. The zero-order valence-corrected chi connectivity index (χ0v) is 21.7. The minimum Gasteiger partial charge on any atom is -0.378 e. The number of ether oxygens (including phenoxy) is 1. The van der Waals surface area contributed by atoms with Crippen molar-refractivity contribution in [1.29, 1.82) is 0 Å². The van der Waals surface area contributed by atoms with E-state index in [-0.39, 0.29) is 5.02 Å². The van der Waals surface area contributed by atoms with E-state index >= 15 is 0 Å². The monoisotopic (exact) mass is 577 g/mol. The Kier molecular flexibility index (Phi) is 11.1. The van der Waals surface area contributed by atoms with Gasteiger partial charge in [0, 0.05) is 24.2 Å². The Morgan fingerprint density at radius 2 is 2.13 bits per heavy atom. The molecule has 2 heterocycles. The van der Waals surface area contributed by atoms with E-state index < -0.39 is 5.82 Å². The van der Waals surface area contributed by atoms with Crippen LogP contribution < -0.4 is 10.2 Å². The van der Waals surface area contributed by atoms with Crippen LogP contribution in [-0.4, -0.2) is 47.9 Å². The lowest BCUT2D eigenvalue weighted by Gasteiger charge is -2.24. The lowest BCUT2D eigenvalue weighted by atomic mass is 10.2. The number of rotatable bonds is 10. The molecule has 0 fully saturated rings. The van der Waals surface area contributed by atoms with Crippen molar-refractivity contribution in [3.63, 3.8) is 0 Å². The van der Waals surface area contributed by atoms with Crippen molar-refractivity contribution in [2.24, 2.45) is 0 Å². The molecule has 3 rings (SSSR count). The first-order valence-electron chi connectivity index (χ1n) is 9.91. The van der Waals surface area contributed by atoms with Gasteiger partial charge in [0.15, 0.2) is 0 Å². The van der Waals surface area contributed by atoms with Gasteiger partial charge in [0.1, 0.15) is 11.6 Å². The summed E-state index contributed by atoms with van der Waals surface area (Å²) in [6, 6.07) is 6.61. The summed E-state index contributed by atoms with van der Waals surface area (Å²) in [5.74, 6) is 0.249. The summed E-state index contributed by atoms with van der Waals surface area (Å²) in [6.45, 7) is 10.3. The number of nitrogens with zero attached hydrogens (tertiary/aromatic N) is 4. The summed E-state index contributed by atoms with van der Waals surface area (Å²) in [7, 11) is 1.88. The number of hydrogen-bond acceptors (Lipinski definition) is 5. The number of aromatic nitrogens is 3. The largest absolute Gasteiger partial charge is 0.378 e. The summed E-state index contributed by atoms with van der Waals surface area (Å²) in [4.78, 5) is 6.59. The minimum atomic E-state index is -0.456. The van der Waals surface area contributed by atoms with Crippen LogP contribution in [0.4, 0.5) is 15.9 Å². The van der Waals surface area contributed by atoms with Gasteiger partial charge >= 0.3 is 0 Å². The molecule has 0 bridgehead atoms. The highest BCUT2D eigenvalue weighted by Crippen LogP contribution is 2.34. The summed E-state index contributed by atoms with van der Waals surface area (Å²) in [5.41, 5.74) is 2.48. The third-order valence-electron chi connectivity index (χ3n) is 4.30. The van der Waals surface area contributed by atoms with E-state index in [4.69, 9.17) is 16.3 Å². The second kappa shape index (κ2) is 13.3. The molecule has 3 aromatic rings. The van der Waals surface area contributed by atoms with E-state index in [2.05, 4.69) is 44.0 Å². The predicted octanol–water partition coefficient (Wildman–Crippen LogP) is 6.06. The smallest absolute Gasteiger partial charge is 0.141 e. The van der Waals surface area contributed by atoms with Gasteiger partial charge in [0.25, 0.3) is 0 Å². The van der Waals surface area contributed by atoms with Crippen molar-refractivity contribution >= 4 is 68.5 Å². The van der Waals surface area contributed by atoms with Gasteiger partial charge in [-0.3, -0.25) is 0 Å². The van der Waals surface area contributed by atoms with Crippen LogP contribution in [0.15, 0.2) is 37.0 Å². The lowest BCUT2D eigenvalue weighted by Crippen LogP contribution is -2.25. The number of anilines is 2. The number of pyridine rings is 1. The molecular weight excluding hydrogens is 551 g/mol. The van der Waals surface area contributed by atoms with Gasteiger partial charge in [0.2, 0.25) is 0 Å². The standard InChI is InChI=1S/C19H21ClFIN5OP.C2H6/c1-3-17-14-11-19(24-12-18(14)27(25-17)29-22)26(7-9-28-8-6-23-2)13-4-5-16(21)15(20)10-13;1-2/h3-5,10-12,23,29H,1,6-9H2,2H3;1-2H3. The van der Waals surface area contributed by atoms with Gasteiger partial charge in [-0.2, -0.15) is 5.10 Å². The first kappa shape index (κ1) is 25.9. The predicted molar refractivity (Wildman–Crippen MR) is 140 cm³/mol. The van der Waals surface area contributed by atoms with Gasteiger partial charge < -0.3 is 15.0 Å². The molecule has 0 spiro atoms. The maximum atomic E-state index is 13.7. The molecule has 6 nitrogen and oxygen atoms in total. The molecule has 1 atom stereocenters. The van der Waals surface area contributed by atoms with Gasteiger partial charge in [-0.15, -0.1) is 0 Å². The van der Waals surface area contributed by atoms with Crippen LogP contribution in [0.2, 0.25) is 5.02 Å². The van der Waals surface area contributed by atoms with Gasteiger partial charge in [-0.25, -0.2) is 13.8 Å². The van der Waals surface area contributed by atoms with Crippen LogP contribution in [0.5, 0.6) is 0 Å². The molecule has 0 saturated heterocycles. The van der Waals surface area contributed by atoms with Gasteiger partial charge in [-0.1, -0.05) is 32.0 Å². The zero-order valence-electron chi connectivity index (χ0n) is 17.8. The number of hydrogen-bond donors (Lipinski definition) is 1. The fourth-order valence-electron chi connectivity index (χ4n) is 2.85. The van der Waals surface area contributed by atoms with Crippen LogP contribution >= 0.6 is 40.0 Å². The average molecular weight is 578 g/mol. The summed E-state index contributed by atoms with van der Waals surface area (Å²) >= 11 is 8.31. The molecule has 10 heteroatoms. The van der Waals surface area contributed by atoms with E-state index in [1.807, 2.05) is 36.3 Å². The molecule has 0 aliphatic rings. The molecular formula is C21H27ClFIN5OP. The molecule has 31 heavy (non-hydrogen) atoms. The molecule has 0 radical (unpaired) electrons. The van der Waals surface area contributed by atoms with Crippen molar-refractivity contribution in [2.75, 3.05) is 38.3 Å². The summed E-state index contributed by atoms with van der Waals surface area (Å²) in [5, 5.41) is 8.64. The van der Waals surface area contributed by atoms with Gasteiger partial charge in [0.05, 0.1) is 42.0 Å². The highest BCUT2D eigenvalue weighted by Gasteiger charge is 2.16. The Balaban J connectivity index is 0.00000166. The Morgan fingerprint density at radius 3 is 2.77 bits per heavy atom. The molecule has 0 amide bonds. The Bertz CT molecular complexity index is 1000. The maximum Gasteiger partial charge on any atom is 0.141 e. The van der Waals surface area contributed by atoms with Crippen molar-refractivity contribution in [3.8, 4) is 0 Å². The quantitative estimate of drug-likeness (QED) is 0.180. The van der Waals surface area contributed by atoms with Crippen molar-refractivity contribution in [1.82, 2.24) is 19.9 Å². The number of benzene rings is 1. The van der Waals surface area contributed by atoms with E-state index in [0.717, 1.165) is 28.8 Å². The van der Waals surface area contributed by atoms with Crippen LogP contribution in [-0.2, 0) is 4.74 Å². The SMILES string of the molecule is C=Cc1nn(PI)c2cnc(N(CCOCCNC)c3ccc(F)c(Cl)c3)cc12.CC. The second-order valence-electron chi connectivity index (χ2n) is 6.11. The zero-order chi connectivity index (χ0) is 22.8. The molecule has 2 aromatic heterocycles. The first-order chi connectivity index (χ1) is 15.1. The fraction of sp³-hybridized carbons (Fsp3) is 0.333. The van der Waals surface area contributed by atoms with Gasteiger partial charge in [-0.05, 0) is 59.4 Å². The Morgan fingerprint density at radius 1 is 1.35 bits per heavy atom. The normalized spacial score (nSPS) is 11.0. The van der Waals surface area contributed by atoms with Crippen LogP contribution in [0.1, 0.15) is 19.5 Å². The third-order valence-corrected chi connectivity index (χ3v) is 6.46. The molecule has 0 aliphatic carbocycles. The Hall–Kier alpha value is -1.32. The summed E-state index contributed by atoms with van der Waals surface area (Å²) in [6.07, 6.45) is 4.00. The average Bonchev–Trinajstić information content (AvgIpc) is 3.17. The van der Waals surface area contributed by atoms with Crippen molar-refractivity contribution < 1.29 is 9.13 Å². The molecule has 0 aliphatic heterocycles.